The maximum atomic E-state index is 12.7. The second kappa shape index (κ2) is 9.83. The lowest BCUT2D eigenvalue weighted by Crippen LogP contribution is -2.51. The van der Waals surface area contributed by atoms with Crippen molar-refractivity contribution < 1.29 is 4.79 Å². The summed E-state index contributed by atoms with van der Waals surface area (Å²) in [7, 11) is 0. The second-order valence-corrected chi connectivity index (χ2v) is 7.01. The Labute approximate surface area is 150 Å². The van der Waals surface area contributed by atoms with Gasteiger partial charge < -0.3 is 5.32 Å². The molecule has 2 unspecified atom stereocenters. The number of nitrogens with zero attached hydrogens (tertiary/aromatic N) is 2. The van der Waals surface area contributed by atoms with E-state index in [2.05, 4.69) is 51.7 Å². The molecule has 2 heterocycles. The summed E-state index contributed by atoms with van der Waals surface area (Å²) in [6.07, 6.45) is 8.59. The Morgan fingerprint density at radius 3 is 2.92 bits per heavy atom. The maximum Gasteiger partial charge on any atom is 0.237 e. The summed E-state index contributed by atoms with van der Waals surface area (Å²) < 4.78 is 0. The summed E-state index contributed by atoms with van der Waals surface area (Å²) in [5, 5.41) is 7.47. The normalized spacial score (nSPS) is 19.8. The van der Waals surface area contributed by atoms with Crippen molar-refractivity contribution in [2.75, 3.05) is 32.7 Å². The van der Waals surface area contributed by atoms with Gasteiger partial charge in [-0.25, -0.2) is 0 Å². The number of hydrogen-bond donors (Lipinski definition) is 1. The predicted molar refractivity (Wildman–Crippen MR) is 101 cm³/mol. The average molecular weight is 348 g/mol. The monoisotopic (exact) mass is 347 g/mol. The van der Waals surface area contributed by atoms with Gasteiger partial charge in [-0.3, -0.25) is 14.6 Å². The molecule has 1 aliphatic rings. The summed E-state index contributed by atoms with van der Waals surface area (Å²) in [6, 6.07) is 2.32. The number of carbonyl (C=O) groups is 1. The minimum Gasteiger partial charge on any atom is -0.353 e. The van der Waals surface area contributed by atoms with Crippen LogP contribution in [-0.2, 0) is 4.79 Å². The number of amides is 1. The molecule has 0 radical (unpaired) electrons. The Bertz CT molecular complexity index is 533. The molecule has 1 amide bonds. The summed E-state index contributed by atoms with van der Waals surface area (Å²) >= 11 is 1.71. The van der Waals surface area contributed by atoms with Gasteiger partial charge in [0, 0.05) is 6.54 Å². The number of rotatable bonds is 8. The van der Waals surface area contributed by atoms with Crippen LogP contribution >= 0.6 is 11.3 Å². The van der Waals surface area contributed by atoms with Crippen molar-refractivity contribution in [2.24, 2.45) is 0 Å². The number of piperidine rings is 1. The molecule has 0 bridgehead atoms. The van der Waals surface area contributed by atoms with Crippen molar-refractivity contribution in [3.63, 3.8) is 0 Å². The van der Waals surface area contributed by atoms with Gasteiger partial charge in [0.15, 0.2) is 0 Å². The Balaban J connectivity index is 2.00. The highest BCUT2D eigenvalue weighted by atomic mass is 32.1. The second-order valence-electron chi connectivity index (χ2n) is 6.23. The Morgan fingerprint density at radius 1 is 1.50 bits per heavy atom. The highest BCUT2D eigenvalue weighted by molar-refractivity contribution is 7.07. The lowest BCUT2D eigenvalue weighted by molar-refractivity contribution is -0.127. The summed E-state index contributed by atoms with van der Waals surface area (Å²) in [5.41, 5.74) is 1.29. The first-order valence-corrected chi connectivity index (χ1v) is 9.86. The molecule has 1 N–H and O–H groups in total. The van der Waals surface area contributed by atoms with E-state index in [9.17, 15) is 4.79 Å². The Hall–Kier alpha value is -1.35. The van der Waals surface area contributed by atoms with Crippen LogP contribution in [0.4, 0.5) is 0 Å². The van der Waals surface area contributed by atoms with E-state index in [1.54, 1.807) is 11.3 Å². The summed E-state index contributed by atoms with van der Waals surface area (Å²) in [4.78, 5) is 17.2. The zero-order valence-corrected chi connectivity index (χ0v) is 15.6. The third-order valence-electron chi connectivity index (χ3n) is 4.86. The van der Waals surface area contributed by atoms with Gasteiger partial charge in [0.05, 0.1) is 18.6 Å². The van der Waals surface area contributed by atoms with Crippen LogP contribution in [0.1, 0.15) is 44.7 Å². The first kappa shape index (κ1) is 19.0. The maximum absolute atomic E-state index is 12.7. The van der Waals surface area contributed by atoms with Crippen LogP contribution in [0.25, 0.3) is 0 Å². The van der Waals surface area contributed by atoms with Crippen molar-refractivity contribution in [1.82, 2.24) is 15.1 Å². The van der Waals surface area contributed by atoms with Crippen molar-refractivity contribution in [3.8, 4) is 12.3 Å². The molecule has 1 saturated heterocycles. The molecule has 0 aliphatic carbocycles. The van der Waals surface area contributed by atoms with E-state index in [1.807, 2.05) is 0 Å². The largest absolute Gasteiger partial charge is 0.353 e. The van der Waals surface area contributed by atoms with Gasteiger partial charge in [0.25, 0.3) is 0 Å². The van der Waals surface area contributed by atoms with Crippen molar-refractivity contribution in [2.45, 2.75) is 45.2 Å². The number of hydrogen-bond acceptors (Lipinski definition) is 4. The lowest BCUT2D eigenvalue weighted by atomic mass is 10.0. The van der Waals surface area contributed by atoms with Crippen molar-refractivity contribution >= 4 is 17.2 Å². The number of carbonyl (C=O) groups excluding carboxylic acids is 1. The Morgan fingerprint density at radius 2 is 2.29 bits per heavy atom. The zero-order chi connectivity index (χ0) is 17.4. The zero-order valence-electron chi connectivity index (χ0n) is 14.8. The lowest BCUT2D eigenvalue weighted by Gasteiger charge is -2.34. The third-order valence-corrected chi connectivity index (χ3v) is 5.56. The molecule has 5 heteroatoms. The van der Waals surface area contributed by atoms with Gasteiger partial charge in [0.2, 0.25) is 5.91 Å². The molecular formula is C19H29N3OS. The number of terminal acetylenes is 1. The van der Waals surface area contributed by atoms with E-state index in [4.69, 9.17) is 6.42 Å². The van der Waals surface area contributed by atoms with Gasteiger partial charge in [-0.15, -0.1) is 6.42 Å². The molecule has 1 fully saturated rings. The van der Waals surface area contributed by atoms with Crippen LogP contribution in [0.5, 0.6) is 0 Å². The Kier molecular flexibility index (Phi) is 7.77. The molecule has 24 heavy (non-hydrogen) atoms. The number of likely N-dealkylation sites (N-methyl/N-ethyl adjacent to an activating group) is 1. The van der Waals surface area contributed by atoms with Gasteiger partial charge >= 0.3 is 0 Å². The van der Waals surface area contributed by atoms with Crippen LogP contribution in [0, 0.1) is 12.3 Å². The molecule has 2 atom stereocenters. The van der Waals surface area contributed by atoms with Gasteiger partial charge in [-0.2, -0.15) is 11.3 Å². The molecule has 0 aromatic carbocycles. The number of nitrogens with one attached hydrogen (secondary N) is 1. The van der Waals surface area contributed by atoms with Crippen LogP contribution < -0.4 is 5.32 Å². The number of thiophene rings is 1. The van der Waals surface area contributed by atoms with Crippen LogP contribution in [0.2, 0.25) is 0 Å². The SMILES string of the molecule is C#CCN1CCCCC1C(=O)NCC(c1ccsc1)N(CC)CC. The molecule has 0 spiro atoms. The van der Waals surface area contributed by atoms with Gasteiger partial charge in [-0.1, -0.05) is 26.2 Å². The predicted octanol–water partition coefficient (Wildman–Crippen LogP) is 2.73. The highest BCUT2D eigenvalue weighted by Gasteiger charge is 2.29. The van der Waals surface area contributed by atoms with E-state index >= 15 is 0 Å². The quantitative estimate of drug-likeness (QED) is 0.735. The third kappa shape index (κ3) is 4.83. The minimum atomic E-state index is -0.0744. The fraction of sp³-hybridized carbons (Fsp3) is 0.632. The average Bonchev–Trinajstić information content (AvgIpc) is 3.13. The first-order valence-electron chi connectivity index (χ1n) is 8.92. The fourth-order valence-electron chi connectivity index (χ4n) is 3.50. The van der Waals surface area contributed by atoms with Crippen LogP contribution in [0.3, 0.4) is 0 Å². The molecule has 2 rings (SSSR count). The van der Waals surface area contributed by atoms with E-state index in [1.165, 1.54) is 5.56 Å². The van der Waals surface area contributed by atoms with Gasteiger partial charge in [0.1, 0.15) is 0 Å². The molecule has 4 nitrogen and oxygen atoms in total. The van der Waals surface area contributed by atoms with E-state index in [0.717, 1.165) is 38.9 Å². The van der Waals surface area contributed by atoms with E-state index < -0.39 is 0 Å². The molecule has 1 aromatic heterocycles. The fourth-order valence-corrected chi connectivity index (χ4v) is 4.20. The summed E-state index contributed by atoms with van der Waals surface area (Å²) in [5.74, 6) is 2.81. The van der Waals surface area contributed by atoms with E-state index in [-0.39, 0.29) is 18.0 Å². The topological polar surface area (TPSA) is 35.6 Å². The first-order chi connectivity index (χ1) is 11.7. The molecule has 132 valence electrons. The molecule has 1 aliphatic heterocycles. The molecular weight excluding hydrogens is 318 g/mol. The van der Waals surface area contributed by atoms with Gasteiger partial charge in [-0.05, 0) is 54.9 Å². The summed E-state index contributed by atoms with van der Waals surface area (Å²) in [6.45, 7) is 8.41. The minimum absolute atomic E-state index is 0.0744. The van der Waals surface area contributed by atoms with Crippen LogP contribution in [-0.4, -0.2) is 54.5 Å². The molecule has 1 aromatic rings. The van der Waals surface area contributed by atoms with Crippen LogP contribution in [0.15, 0.2) is 16.8 Å². The molecule has 0 saturated carbocycles. The smallest absolute Gasteiger partial charge is 0.237 e. The standard InChI is InChI=1S/C19H29N3OS/c1-4-11-22-12-8-7-9-17(22)19(23)20-14-18(21(5-2)6-3)16-10-13-24-15-16/h1,10,13,15,17-18H,5-9,11-12,14H2,2-3H3,(H,20,23). The van der Waals surface area contributed by atoms with Crippen molar-refractivity contribution in [1.29, 1.82) is 0 Å². The van der Waals surface area contributed by atoms with Crippen molar-refractivity contribution in [3.05, 3.63) is 22.4 Å². The number of likely N-dealkylation sites (tertiary alicyclic amines) is 1. The highest BCUT2D eigenvalue weighted by Crippen LogP contribution is 2.23. The van der Waals surface area contributed by atoms with E-state index in [0.29, 0.717) is 13.1 Å².